The molecule has 9 heteroatoms. The Morgan fingerprint density at radius 2 is 2.19 bits per heavy atom. The minimum absolute atomic E-state index is 0.0116. The number of carbonyl (C=O) groups is 1. The standard InChI is InChI=1S/C17H19N5O2S2/c1-2-6-11-13(25-17(18-11)22-8-3-4-9-22)14(23)19-16-21-20-15(26-16)12-7-5-10-24-12/h3-4,8-9,12H,2,5-7,10H2,1H3,(H,19,21,23)/t12-/m0/s1. The van der Waals surface area contributed by atoms with Gasteiger partial charge in [-0.3, -0.25) is 10.1 Å². The van der Waals surface area contributed by atoms with Crippen LogP contribution in [0.15, 0.2) is 24.5 Å². The minimum Gasteiger partial charge on any atom is -0.371 e. The molecule has 3 aromatic heterocycles. The highest BCUT2D eigenvalue weighted by atomic mass is 32.1. The van der Waals surface area contributed by atoms with E-state index < -0.39 is 0 Å². The molecule has 0 aliphatic carbocycles. The van der Waals surface area contributed by atoms with Gasteiger partial charge in [0.2, 0.25) is 5.13 Å². The summed E-state index contributed by atoms with van der Waals surface area (Å²) in [4.78, 5) is 18.1. The third-order valence-corrected chi connectivity index (χ3v) is 6.11. The summed E-state index contributed by atoms with van der Waals surface area (Å²) < 4.78 is 7.54. The lowest BCUT2D eigenvalue weighted by molar-refractivity contribution is 0.102. The first kappa shape index (κ1) is 17.3. The van der Waals surface area contributed by atoms with E-state index in [1.54, 1.807) is 0 Å². The SMILES string of the molecule is CCCc1nc(-n2cccc2)sc1C(=O)Nc1nnc([C@@H]2CCCO2)s1. The van der Waals surface area contributed by atoms with Crippen LogP contribution in [0.4, 0.5) is 5.13 Å². The van der Waals surface area contributed by atoms with Gasteiger partial charge in [0, 0.05) is 19.0 Å². The average molecular weight is 390 g/mol. The van der Waals surface area contributed by atoms with Crippen molar-refractivity contribution in [2.75, 3.05) is 11.9 Å². The van der Waals surface area contributed by atoms with E-state index in [1.807, 2.05) is 29.1 Å². The van der Waals surface area contributed by atoms with Crippen LogP contribution >= 0.6 is 22.7 Å². The van der Waals surface area contributed by atoms with Gasteiger partial charge in [-0.1, -0.05) is 36.0 Å². The Balaban J connectivity index is 1.53. The zero-order valence-electron chi connectivity index (χ0n) is 14.3. The molecule has 1 fully saturated rings. The van der Waals surface area contributed by atoms with Crippen LogP contribution in [0.2, 0.25) is 0 Å². The second-order valence-corrected chi connectivity index (χ2v) is 8.00. The molecule has 0 spiro atoms. The van der Waals surface area contributed by atoms with E-state index in [4.69, 9.17) is 4.74 Å². The summed E-state index contributed by atoms with van der Waals surface area (Å²) in [6.45, 7) is 2.84. The first-order valence-corrected chi connectivity index (χ1v) is 10.3. The Labute approximate surface area is 159 Å². The van der Waals surface area contributed by atoms with E-state index in [9.17, 15) is 4.79 Å². The number of thiazole rings is 1. The molecule has 136 valence electrons. The summed E-state index contributed by atoms with van der Waals surface area (Å²) in [5.74, 6) is -0.181. The number of carbonyl (C=O) groups excluding carboxylic acids is 1. The average Bonchev–Trinajstić information content (AvgIpc) is 3.40. The van der Waals surface area contributed by atoms with Crippen molar-refractivity contribution in [1.29, 1.82) is 0 Å². The highest BCUT2D eigenvalue weighted by molar-refractivity contribution is 7.17. The number of ether oxygens (including phenoxy) is 1. The molecule has 1 amide bonds. The number of aryl methyl sites for hydroxylation is 1. The van der Waals surface area contributed by atoms with Gasteiger partial charge >= 0.3 is 0 Å². The molecule has 1 N–H and O–H groups in total. The summed E-state index contributed by atoms with van der Waals surface area (Å²) in [5, 5.41) is 13.2. The zero-order valence-corrected chi connectivity index (χ0v) is 16.0. The van der Waals surface area contributed by atoms with E-state index in [1.165, 1.54) is 22.7 Å². The van der Waals surface area contributed by atoms with Gasteiger partial charge in [0.15, 0.2) is 5.13 Å². The summed E-state index contributed by atoms with van der Waals surface area (Å²) >= 11 is 2.76. The third-order valence-electron chi connectivity index (χ3n) is 4.07. The number of hydrogen-bond acceptors (Lipinski definition) is 7. The van der Waals surface area contributed by atoms with E-state index in [2.05, 4.69) is 27.4 Å². The Morgan fingerprint density at radius 1 is 1.35 bits per heavy atom. The van der Waals surface area contributed by atoms with Gasteiger partial charge < -0.3 is 9.30 Å². The lowest BCUT2D eigenvalue weighted by Crippen LogP contribution is -2.12. The predicted octanol–water partition coefficient (Wildman–Crippen LogP) is 3.84. The number of amides is 1. The lowest BCUT2D eigenvalue weighted by Gasteiger charge is -2.02. The molecule has 7 nitrogen and oxygen atoms in total. The van der Waals surface area contributed by atoms with Crippen molar-refractivity contribution in [3.63, 3.8) is 0 Å². The van der Waals surface area contributed by atoms with Gasteiger partial charge in [0.25, 0.3) is 5.91 Å². The Hall–Kier alpha value is -2.10. The van der Waals surface area contributed by atoms with Gasteiger partial charge in [-0.2, -0.15) is 0 Å². The highest BCUT2D eigenvalue weighted by Crippen LogP contribution is 2.32. The highest BCUT2D eigenvalue weighted by Gasteiger charge is 2.24. The van der Waals surface area contributed by atoms with Crippen molar-refractivity contribution in [2.45, 2.75) is 38.7 Å². The van der Waals surface area contributed by atoms with Crippen molar-refractivity contribution >= 4 is 33.7 Å². The van der Waals surface area contributed by atoms with Crippen LogP contribution in [0, 0.1) is 0 Å². The molecule has 0 saturated carbocycles. The van der Waals surface area contributed by atoms with Gasteiger partial charge in [0.05, 0.1) is 5.69 Å². The molecule has 26 heavy (non-hydrogen) atoms. The number of rotatable bonds is 6. The first-order valence-electron chi connectivity index (χ1n) is 8.64. The molecule has 0 unspecified atom stereocenters. The Morgan fingerprint density at radius 3 is 2.92 bits per heavy atom. The van der Waals surface area contributed by atoms with Crippen LogP contribution in [0.25, 0.3) is 5.13 Å². The molecule has 1 saturated heterocycles. The molecule has 3 aromatic rings. The second kappa shape index (κ2) is 7.65. The van der Waals surface area contributed by atoms with Crippen LogP contribution in [0.5, 0.6) is 0 Å². The molecule has 0 radical (unpaired) electrons. The summed E-state index contributed by atoms with van der Waals surface area (Å²) in [6, 6.07) is 3.88. The number of nitrogens with zero attached hydrogens (tertiary/aromatic N) is 4. The van der Waals surface area contributed by atoms with Crippen LogP contribution in [0.3, 0.4) is 0 Å². The Kier molecular flexibility index (Phi) is 5.09. The molecular weight excluding hydrogens is 370 g/mol. The van der Waals surface area contributed by atoms with E-state index >= 15 is 0 Å². The molecule has 0 aromatic carbocycles. The van der Waals surface area contributed by atoms with Crippen LogP contribution < -0.4 is 5.32 Å². The maximum Gasteiger partial charge on any atom is 0.269 e. The summed E-state index contributed by atoms with van der Waals surface area (Å²) in [7, 11) is 0. The molecule has 4 heterocycles. The van der Waals surface area contributed by atoms with Crippen molar-refractivity contribution in [1.82, 2.24) is 19.7 Å². The number of aromatic nitrogens is 4. The Bertz CT molecular complexity index is 881. The van der Waals surface area contributed by atoms with Gasteiger partial charge in [0.1, 0.15) is 16.0 Å². The van der Waals surface area contributed by atoms with E-state index in [0.717, 1.165) is 48.1 Å². The number of nitrogens with one attached hydrogen (secondary N) is 1. The maximum absolute atomic E-state index is 12.8. The molecular formula is C17H19N5O2S2. The predicted molar refractivity (Wildman–Crippen MR) is 101 cm³/mol. The second-order valence-electron chi connectivity index (χ2n) is 6.01. The fourth-order valence-electron chi connectivity index (χ4n) is 2.84. The molecule has 1 aliphatic heterocycles. The number of hydrogen-bond donors (Lipinski definition) is 1. The van der Waals surface area contributed by atoms with Gasteiger partial charge in [-0.25, -0.2) is 4.98 Å². The normalized spacial score (nSPS) is 16.9. The molecule has 1 aliphatic rings. The van der Waals surface area contributed by atoms with E-state index in [0.29, 0.717) is 10.0 Å². The monoisotopic (exact) mass is 389 g/mol. The minimum atomic E-state index is -0.181. The lowest BCUT2D eigenvalue weighted by atomic mass is 10.2. The third kappa shape index (κ3) is 3.55. The molecule has 4 rings (SSSR count). The van der Waals surface area contributed by atoms with Crippen molar-refractivity contribution in [3.8, 4) is 5.13 Å². The van der Waals surface area contributed by atoms with E-state index in [-0.39, 0.29) is 12.0 Å². The zero-order chi connectivity index (χ0) is 17.9. The fourth-order valence-corrected chi connectivity index (χ4v) is 4.63. The molecule has 1 atom stereocenters. The van der Waals surface area contributed by atoms with Crippen LogP contribution in [-0.4, -0.2) is 32.3 Å². The van der Waals surface area contributed by atoms with Crippen molar-refractivity contribution < 1.29 is 9.53 Å². The topological polar surface area (TPSA) is 81.9 Å². The summed E-state index contributed by atoms with van der Waals surface area (Å²) in [5.41, 5.74) is 0.822. The van der Waals surface area contributed by atoms with Crippen LogP contribution in [0.1, 0.15) is 52.7 Å². The van der Waals surface area contributed by atoms with Crippen molar-refractivity contribution in [2.24, 2.45) is 0 Å². The van der Waals surface area contributed by atoms with Crippen molar-refractivity contribution in [3.05, 3.63) is 40.1 Å². The van der Waals surface area contributed by atoms with Gasteiger partial charge in [-0.05, 0) is 31.4 Å². The largest absolute Gasteiger partial charge is 0.371 e. The maximum atomic E-state index is 12.8. The fraction of sp³-hybridized carbons (Fsp3) is 0.412. The molecule has 0 bridgehead atoms. The quantitative estimate of drug-likeness (QED) is 0.693. The first-order chi connectivity index (χ1) is 12.7. The smallest absolute Gasteiger partial charge is 0.269 e. The van der Waals surface area contributed by atoms with Gasteiger partial charge in [-0.15, -0.1) is 10.2 Å². The van der Waals surface area contributed by atoms with Crippen LogP contribution in [-0.2, 0) is 11.2 Å². The summed E-state index contributed by atoms with van der Waals surface area (Å²) in [6.07, 6.45) is 7.55. The number of anilines is 1.